The Hall–Kier alpha value is -1.62. The van der Waals surface area contributed by atoms with E-state index in [9.17, 15) is 4.79 Å². The first-order chi connectivity index (χ1) is 6.79. The number of hydrogen-bond donors (Lipinski definition) is 2. The summed E-state index contributed by atoms with van der Waals surface area (Å²) in [6.07, 6.45) is 0. The molecule has 0 fully saturated rings. The lowest BCUT2D eigenvalue weighted by Crippen LogP contribution is -2.12. The Labute approximate surface area is 84.4 Å². The van der Waals surface area contributed by atoms with Crippen LogP contribution in [0.4, 0.5) is 5.69 Å². The van der Waals surface area contributed by atoms with Crippen molar-refractivity contribution in [3.63, 3.8) is 0 Å². The molecule has 5 nitrogen and oxygen atoms in total. The maximum atomic E-state index is 11.0. The van der Waals surface area contributed by atoms with E-state index in [1.807, 2.05) is 0 Å². The van der Waals surface area contributed by atoms with E-state index in [1.165, 1.54) is 0 Å². The van der Waals surface area contributed by atoms with Crippen molar-refractivity contribution in [1.82, 2.24) is 15.4 Å². The fraction of sp³-hybridized carbons (Fsp3) is 0.125. The van der Waals surface area contributed by atoms with E-state index >= 15 is 0 Å². The Morgan fingerprint density at radius 2 is 2.43 bits per heavy atom. The summed E-state index contributed by atoms with van der Waals surface area (Å²) in [4.78, 5) is 11.0. The van der Waals surface area contributed by atoms with Crippen LogP contribution in [0, 0.1) is 0 Å². The zero-order valence-electron chi connectivity index (χ0n) is 7.12. The van der Waals surface area contributed by atoms with Gasteiger partial charge >= 0.3 is 0 Å². The van der Waals surface area contributed by atoms with Crippen LogP contribution in [0.1, 0.15) is 0 Å². The molecule has 0 atom stereocenters. The van der Waals surface area contributed by atoms with E-state index in [4.69, 9.17) is 11.6 Å². The number of hydrogen-bond acceptors (Lipinski definition) is 3. The molecule has 0 bridgehead atoms. The molecule has 1 aromatic heterocycles. The third-order valence-corrected chi connectivity index (χ3v) is 1.97. The van der Waals surface area contributed by atoms with E-state index in [0.717, 1.165) is 5.52 Å². The first kappa shape index (κ1) is 8.96. The predicted molar refractivity (Wildman–Crippen MR) is 53.2 cm³/mol. The Morgan fingerprint density at radius 1 is 1.57 bits per heavy atom. The largest absolute Gasteiger partial charge is 0.325 e. The summed E-state index contributed by atoms with van der Waals surface area (Å²) in [5.74, 6) is -0.300. The van der Waals surface area contributed by atoms with E-state index in [1.54, 1.807) is 18.2 Å². The lowest BCUT2D eigenvalue weighted by atomic mass is 10.3. The molecule has 14 heavy (non-hydrogen) atoms. The minimum Gasteiger partial charge on any atom is -0.325 e. The predicted octanol–water partition coefficient (Wildman–Crippen LogP) is 1.14. The number of carbonyl (C=O) groups is 1. The van der Waals surface area contributed by atoms with Gasteiger partial charge in [-0.1, -0.05) is 5.21 Å². The number of H-pyrrole nitrogens is 1. The molecule has 2 aromatic rings. The van der Waals surface area contributed by atoms with Crippen molar-refractivity contribution in [1.29, 1.82) is 0 Å². The quantitative estimate of drug-likeness (QED) is 0.731. The summed E-state index contributed by atoms with van der Waals surface area (Å²) in [5.41, 5.74) is 2.20. The smallest absolute Gasteiger partial charge is 0.239 e. The van der Waals surface area contributed by atoms with Gasteiger partial charge in [-0.25, -0.2) is 0 Å². The molecule has 72 valence electrons. The number of fused-ring (bicyclic) bond motifs is 1. The van der Waals surface area contributed by atoms with Crippen LogP contribution in [0.3, 0.4) is 0 Å². The van der Waals surface area contributed by atoms with Crippen LogP contribution in [-0.4, -0.2) is 27.2 Å². The molecule has 1 aromatic carbocycles. The van der Waals surface area contributed by atoms with Crippen LogP contribution in [0.2, 0.25) is 0 Å². The molecule has 6 heteroatoms. The minimum atomic E-state index is -0.241. The summed E-state index contributed by atoms with van der Waals surface area (Å²) >= 11 is 5.35. The number of aromatic nitrogens is 3. The standard InChI is InChI=1S/C8H7ClN4O/c9-4-8(14)10-5-1-2-6-7(3-5)12-13-11-6/h1-3H,4H2,(H,10,14)(H,11,12,13). The van der Waals surface area contributed by atoms with Crippen molar-refractivity contribution >= 4 is 34.2 Å². The number of nitrogens with one attached hydrogen (secondary N) is 2. The molecular weight excluding hydrogens is 204 g/mol. The molecule has 0 aliphatic carbocycles. The Balaban J connectivity index is 2.30. The number of rotatable bonds is 2. The van der Waals surface area contributed by atoms with Crippen LogP contribution in [0.15, 0.2) is 18.2 Å². The first-order valence-corrected chi connectivity index (χ1v) is 4.49. The molecule has 0 spiro atoms. The summed E-state index contributed by atoms with van der Waals surface area (Å²) in [6, 6.07) is 5.27. The van der Waals surface area contributed by atoms with Crippen molar-refractivity contribution in [2.45, 2.75) is 0 Å². The number of carbonyl (C=O) groups excluding carboxylic acids is 1. The van der Waals surface area contributed by atoms with Gasteiger partial charge in [0.1, 0.15) is 11.4 Å². The summed E-state index contributed by atoms with van der Waals surface area (Å²) in [7, 11) is 0. The van der Waals surface area contributed by atoms with E-state index in [-0.39, 0.29) is 11.8 Å². The van der Waals surface area contributed by atoms with Crippen LogP contribution in [-0.2, 0) is 4.79 Å². The van der Waals surface area contributed by atoms with E-state index < -0.39 is 0 Å². The van der Waals surface area contributed by atoms with Gasteiger partial charge in [0.05, 0.1) is 5.52 Å². The molecule has 0 aliphatic heterocycles. The summed E-state index contributed by atoms with van der Waals surface area (Å²) in [6.45, 7) is 0. The minimum absolute atomic E-state index is 0.0587. The SMILES string of the molecule is O=C(CCl)Nc1ccc2[nH]nnc2c1. The summed E-state index contributed by atoms with van der Waals surface area (Å²) < 4.78 is 0. The zero-order chi connectivity index (χ0) is 9.97. The van der Waals surface area contributed by atoms with Crippen molar-refractivity contribution in [2.24, 2.45) is 0 Å². The van der Waals surface area contributed by atoms with Gasteiger partial charge in [-0.05, 0) is 18.2 Å². The highest BCUT2D eigenvalue weighted by atomic mass is 35.5. The van der Waals surface area contributed by atoms with Gasteiger partial charge in [0, 0.05) is 5.69 Å². The highest BCUT2D eigenvalue weighted by molar-refractivity contribution is 6.29. The second-order valence-corrected chi connectivity index (χ2v) is 2.99. The first-order valence-electron chi connectivity index (χ1n) is 3.96. The highest BCUT2D eigenvalue weighted by Gasteiger charge is 2.02. The second kappa shape index (κ2) is 3.63. The molecule has 1 heterocycles. The molecule has 0 saturated heterocycles. The highest BCUT2D eigenvalue weighted by Crippen LogP contribution is 2.14. The molecule has 0 aliphatic rings. The van der Waals surface area contributed by atoms with Gasteiger partial charge < -0.3 is 5.32 Å². The van der Waals surface area contributed by atoms with Crippen molar-refractivity contribution < 1.29 is 4.79 Å². The molecule has 0 saturated carbocycles. The lowest BCUT2D eigenvalue weighted by molar-refractivity contribution is -0.113. The Morgan fingerprint density at radius 3 is 3.21 bits per heavy atom. The average Bonchev–Trinajstić information content (AvgIpc) is 2.64. The fourth-order valence-electron chi connectivity index (χ4n) is 1.11. The van der Waals surface area contributed by atoms with Crippen LogP contribution < -0.4 is 5.32 Å². The number of halogens is 1. The molecule has 1 amide bonds. The maximum absolute atomic E-state index is 11.0. The number of anilines is 1. The van der Waals surface area contributed by atoms with Gasteiger partial charge in [-0.3, -0.25) is 9.89 Å². The molecule has 0 unspecified atom stereocenters. The molecular formula is C8H7ClN4O. The van der Waals surface area contributed by atoms with Crippen molar-refractivity contribution in [3.05, 3.63) is 18.2 Å². The number of benzene rings is 1. The Kier molecular flexibility index (Phi) is 2.32. The van der Waals surface area contributed by atoms with Crippen LogP contribution in [0.5, 0.6) is 0 Å². The monoisotopic (exact) mass is 210 g/mol. The normalized spacial score (nSPS) is 10.4. The third kappa shape index (κ3) is 1.67. The Bertz CT molecular complexity index is 467. The molecule has 0 radical (unpaired) electrons. The van der Waals surface area contributed by atoms with Gasteiger partial charge in [0.15, 0.2) is 0 Å². The second-order valence-electron chi connectivity index (χ2n) is 2.73. The van der Waals surface area contributed by atoms with Gasteiger partial charge in [0.25, 0.3) is 0 Å². The maximum Gasteiger partial charge on any atom is 0.239 e. The van der Waals surface area contributed by atoms with Crippen molar-refractivity contribution in [2.75, 3.05) is 11.2 Å². The fourth-order valence-corrected chi connectivity index (χ4v) is 1.18. The number of alkyl halides is 1. The van der Waals surface area contributed by atoms with Gasteiger partial charge in [0.2, 0.25) is 5.91 Å². The zero-order valence-corrected chi connectivity index (χ0v) is 7.88. The summed E-state index contributed by atoms with van der Waals surface area (Å²) in [5, 5.41) is 12.8. The van der Waals surface area contributed by atoms with Crippen LogP contribution in [0.25, 0.3) is 11.0 Å². The molecule has 2 N–H and O–H groups in total. The van der Waals surface area contributed by atoms with Crippen LogP contribution >= 0.6 is 11.6 Å². The number of aromatic amines is 1. The average molecular weight is 211 g/mol. The van der Waals surface area contributed by atoms with Crippen molar-refractivity contribution in [3.8, 4) is 0 Å². The molecule has 2 rings (SSSR count). The lowest BCUT2D eigenvalue weighted by Gasteiger charge is -2.01. The topological polar surface area (TPSA) is 70.7 Å². The van der Waals surface area contributed by atoms with E-state index in [2.05, 4.69) is 20.7 Å². The number of nitrogens with zero attached hydrogens (tertiary/aromatic N) is 2. The van der Waals surface area contributed by atoms with Gasteiger partial charge in [-0.2, -0.15) is 0 Å². The van der Waals surface area contributed by atoms with Gasteiger partial charge in [-0.15, -0.1) is 16.7 Å². The van der Waals surface area contributed by atoms with E-state index in [0.29, 0.717) is 11.2 Å². The number of amides is 1. The third-order valence-electron chi connectivity index (χ3n) is 1.73.